The molecule has 2 aliphatic heterocycles. The quantitative estimate of drug-likeness (QED) is 0.774. The molecule has 1 atom stereocenters. The van der Waals surface area contributed by atoms with Gasteiger partial charge in [0.2, 0.25) is 5.95 Å². The van der Waals surface area contributed by atoms with Crippen molar-refractivity contribution in [2.75, 3.05) is 54.5 Å². The van der Waals surface area contributed by atoms with Crippen molar-refractivity contribution in [3.05, 3.63) is 6.07 Å². The molecule has 2 fully saturated rings. The van der Waals surface area contributed by atoms with Gasteiger partial charge in [-0.1, -0.05) is 6.92 Å². The number of piperidine rings is 1. The second-order valence-electron chi connectivity index (χ2n) is 7.45. The molecular formula is C18H30N6OS. The van der Waals surface area contributed by atoms with Crippen LogP contribution in [-0.2, 0) is 4.74 Å². The van der Waals surface area contributed by atoms with Crippen molar-refractivity contribution in [3.63, 3.8) is 0 Å². The first-order valence-corrected chi connectivity index (χ1v) is 9.96. The minimum absolute atomic E-state index is 0.264. The fraction of sp³-hybridized carbons (Fsp3) is 0.722. The van der Waals surface area contributed by atoms with Gasteiger partial charge in [0.05, 0.1) is 13.2 Å². The van der Waals surface area contributed by atoms with Crippen molar-refractivity contribution in [1.29, 1.82) is 0 Å². The van der Waals surface area contributed by atoms with Crippen molar-refractivity contribution in [1.82, 2.24) is 15.3 Å². The number of nitrogens with zero attached hydrogens (tertiary/aromatic N) is 4. The van der Waals surface area contributed by atoms with Crippen LogP contribution >= 0.6 is 12.2 Å². The summed E-state index contributed by atoms with van der Waals surface area (Å²) in [5.74, 6) is 3.15. The Hall–Kier alpha value is -1.67. The van der Waals surface area contributed by atoms with Gasteiger partial charge in [-0.15, -0.1) is 0 Å². The largest absolute Gasteiger partial charge is 0.378 e. The van der Waals surface area contributed by atoms with E-state index >= 15 is 0 Å². The highest BCUT2D eigenvalue weighted by atomic mass is 32.1. The summed E-state index contributed by atoms with van der Waals surface area (Å²) in [7, 11) is 0. The molecule has 2 saturated heterocycles. The van der Waals surface area contributed by atoms with Crippen LogP contribution in [-0.4, -0.2) is 60.5 Å². The third-order valence-electron chi connectivity index (χ3n) is 4.66. The second kappa shape index (κ2) is 8.81. The van der Waals surface area contributed by atoms with Crippen molar-refractivity contribution < 1.29 is 4.74 Å². The Morgan fingerprint density at radius 3 is 2.54 bits per heavy atom. The molecule has 2 aliphatic rings. The van der Waals surface area contributed by atoms with Crippen LogP contribution in [0.4, 0.5) is 17.6 Å². The van der Waals surface area contributed by atoms with Gasteiger partial charge in [-0.25, -0.2) is 0 Å². The lowest BCUT2D eigenvalue weighted by atomic mass is 10.0. The van der Waals surface area contributed by atoms with E-state index < -0.39 is 0 Å². The van der Waals surface area contributed by atoms with Crippen LogP contribution in [0.3, 0.4) is 0 Å². The first kappa shape index (κ1) is 19.1. The average molecular weight is 379 g/mol. The Balaban J connectivity index is 1.84. The maximum Gasteiger partial charge on any atom is 0.232 e. The zero-order valence-corrected chi connectivity index (χ0v) is 16.8. The summed E-state index contributed by atoms with van der Waals surface area (Å²) in [6, 6.07) is 2.37. The number of hydrogen-bond donors (Lipinski definition) is 2. The smallest absolute Gasteiger partial charge is 0.232 e. The predicted molar refractivity (Wildman–Crippen MR) is 110 cm³/mol. The summed E-state index contributed by atoms with van der Waals surface area (Å²) in [4.78, 5) is 14.1. The third kappa shape index (κ3) is 5.17. The summed E-state index contributed by atoms with van der Waals surface area (Å²) in [6.45, 7) is 11.6. The van der Waals surface area contributed by atoms with Crippen LogP contribution in [0.25, 0.3) is 0 Å². The molecule has 0 radical (unpaired) electrons. The Morgan fingerprint density at radius 2 is 1.88 bits per heavy atom. The molecule has 8 heteroatoms. The molecule has 7 nitrogen and oxygen atoms in total. The van der Waals surface area contributed by atoms with Gasteiger partial charge in [-0.05, 0) is 44.8 Å². The topological polar surface area (TPSA) is 65.6 Å². The van der Waals surface area contributed by atoms with Crippen LogP contribution < -0.4 is 20.4 Å². The molecule has 1 aromatic rings. The highest BCUT2D eigenvalue weighted by molar-refractivity contribution is 7.80. The van der Waals surface area contributed by atoms with Gasteiger partial charge in [-0.2, -0.15) is 9.97 Å². The molecule has 144 valence electrons. The van der Waals surface area contributed by atoms with Crippen molar-refractivity contribution in [2.45, 2.75) is 39.7 Å². The molecule has 2 N–H and O–H groups in total. The zero-order valence-electron chi connectivity index (χ0n) is 16.0. The molecular weight excluding hydrogens is 348 g/mol. The molecule has 1 aromatic heterocycles. The molecule has 26 heavy (non-hydrogen) atoms. The molecule has 0 aromatic carbocycles. The lowest BCUT2D eigenvalue weighted by Crippen LogP contribution is -2.39. The molecule has 0 unspecified atom stereocenters. The minimum atomic E-state index is 0.264. The maximum absolute atomic E-state index is 5.48. The van der Waals surface area contributed by atoms with E-state index in [1.807, 2.05) is 0 Å². The molecule has 0 bridgehead atoms. The number of morpholine rings is 1. The van der Waals surface area contributed by atoms with Crippen LogP contribution in [0.1, 0.15) is 33.6 Å². The van der Waals surface area contributed by atoms with Gasteiger partial charge in [0.15, 0.2) is 5.11 Å². The standard InChI is InChI=1S/C18H30N6OS/c1-13(2)19-18(26)22-17-20-15(23-7-9-25-10-8-23)11-16(21-17)24-6-4-5-14(3)12-24/h11,13-14H,4-10,12H2,1-3H3,(H2,19,20,21,22,26)/t14-/m1/s1. The fourth-order valence-electron chi connectivity index (χ4n) is 3.39. The average Bonchev–Trinajstić information content (AvgIpc) is 2.61. The van der Waals surface area contributed by atoms with E-state index in [9.17, 15) is 0 Å². The summed E-state index contributed by atoms with van der Waals surface area (Å²) in [5.41, 5.74) is 0. The Morgan fingerprint density at radius 1 is 1.19 bits per heavy atom. The first-order valence-electron chi connectivity index (χ1n) is 9.55. The van der Waals surface area contributed by atoms with Crippen LogP contribution in [0.15, 0.2) is 6.07 Å². The van der Waals surface area contributed by atoms with Gasteiger partial charge in [0.1, 0.15) is 11.6 Å². The van der Waals surface area contributed by atoms with Crippen LogP contribution in [0, 0.1) is 5.92 Å². The Labute approximate surface area is 161 Å². The van der Waals surface area contributed by atoms with Crippen LogP contribution in [0.2, 0.25) is 0 Å². The van der Waals surface area contributed by atoms with Crippen molar-refractivity contribution in [3.8, 4) is 0 Å². The van der Waals surface area contributed by atoms with Gasteiger partial charge < -0.3 is 25.2 Å². The minimum Gasteiger partial charge on any atom is -0.378 e. The summed E-state index contributed by atoms with van der Waals surface area (Å²) >= 11 is 5.38. The zero-order chi connectivity index (χ0) is 18.5. The number of hydrogen-bond acceptors (Lipinski definition) is 6. The van der Waals surface area contributed by atoms with Crippen molar-refractivity contribution >= 4 is 34.9 Å². The molecule has 0 amide bonds. The number of nitrogens with one attached hydrogen (secondary N) is 2. The Kier molecular flexibility index (Phi) is 6.48. The summed E-state index contributed by atoms with van der Waals surface area (Å²) in [5, 5.41) is 6.90. The van der Waals surface area contributed by atoms with E-state index in [1.54, 1.807) is 0 Å². The molecule has 0 spiro atoms. The van der Waals surface area contributed by atoms with E-state index in [0.29, 0.717) is 17.0 Å². The van der Waals surface area contributed by atoms with E-state index in [4.69, 9.17) is 26.9 Å². The van der Waals surface area contributed by atoms with Gasteiger partial charge in [0.25, 0.3) is 0 Å². The van der Waals surface area contributed by atoms with E-state index in [-0.39, 0.29) is 6.04 Å². The molecule has 0 saturated carbocycles. The highest BCUT2D eigenvalue weighted by Crippen LogP contribution is 2.26. The highest BCUT2D eigenvalue weighted by Gasteiger charge is 2.21. The number of rotatable bonds is 4. The lowest BCUT2D eigenvalue weighted by molar-refractivity contribution is 0.122. The third-order valence-corrected chi connectivity index (χ3v) is 4.88. The van der Waals surface area contributed by atoms with E-state index in [1.165, 1.54) is 12.8 Å². The number of aromatic nitrogens is 2. The SMILES string of the molecule is CC(C)NC(=S)Nc1nc(N2CCOCC2)cc(N2CCC[C@@H](C)C2)n1. The molecule has 3 heterocycles. The Bertz CT molecular complexity index is 620. The fourth-order valence-corrected chi connectivity index (χ4v) is 3.72. The van der Waals surface area contributed by atoms with E-state index in [0.717, 1.165) is 51.0 Å². The number of ether oxygens (including phenoxy) is 1. The number of anilines is 3. The second-order valence-corrected chi connectivity index (χ2v) is 7.86. The normalized spacial score (nSPS) is 21.0. The monoisotopic (exact) mass is 378 g/mol. The molecule has 3 rings (SSSR count). The first-order chi connectivity index (χ1) is 12.5. The van der Waals surface area contributed by atoms with Crippen LogP contribution in [0.5, 0.6) is 0 Å². The van der Waals surface area contributed by atoms with Crippen molar-refractivity contribution in [2.24, 2.45) is 5.92 Å². The maximum atomic E-state index is 5.48. The van der Waals surface area contributed by atoms with Gasteiger partial charge >= 0.3 is 0 Å². The molecule has 0 aliphatic carbocycles. The van der Waals surface area contributed by atoms with Gasteiger partial charge in [0, 0.05) is 38.3 Å². The summed E-state index contributed by atoms with van der Waals surface area (Å²) in [6.07, 6.45) is 2.49. The van der Waals surface area contributed by atoms with E-state index in [2.05, 4.69) is 47.3 Å². The number of thiocarbonyl (C=S) groups is 1. The predicted octanol–water partition coefficient (Wildman–Crippen LogP) is 2.24. The summed E-state index contributed by atoms with van der Waals surface area (Å²) < 4.78 is 5.48. The van der Waals surface area contributed by atoms with Gasteiger partial charge in [-0.3, -0.25) is 0 Å². The lowest BCUT2D eigenvalue weighted by Gasteiger charge is -2.33.